The first-order chi connectivity index (χ1) is 9.24. The van der Waals surface area contributed by atoms with Crippen LogP contribution in [-0.4, -0.2) is 25.2 Å². The number of carbonyl (C=O) groups is 1. The minimum atomic E-state index is 0.0276. The minimum absolute atomic E-state index is 0.0276. The van der Waals surface area contributed by atoms with Gasteiger partial charge in [0.2, 0.25) is 5.91 Å². The third-order valence-electron chi connectivity index (χ3n) is 3.42. The molecule has 1 aromatic rings. The maximum absolute atomic E-state index is 11.7. The third kappa shape index (κ3) is 4.91. The van der Waals surface area contributed by atoms with Crippen LogP contribution in [0.2, 0.25) is 0 Å². The highest BCUT2D eigenvalue weighted by Crippen LogP contribution is 2.20. The van der Waals surface area contributed by atoms with Gasteiger partial charge in [0, 0.05) is 12.2 Å². The van der Waals surface area contributed by atoms with Gasteiger partial charge in [-0.1, -0.05) is 25.0 Å². The van der Waals surface area contributed by atoms with Crippen LogP contribution in [-0.2, 0) is 16.0 Å². The summed E-state index contributed by atoms with van der Waals surface area (Å²) >= 11 is 0. The van der Waals surface area contributed by atoms with Crippen molar-refractivity contribution in [3.8, 4) is 0 Å². The van der Waals surface area contributed by atoms with Gasteiger partial charge in [-0.3, -0.25) is 4.79 Å². The molecule has 1 aliphatic carbocycles. The van der Waals surface area contributed by atoms with Gasteiger partial charge in [-0.25, -0.2) is 0 Å². The summed E-state index contributed by atoms with van der Waals surface area (Å²) in [6, 6.07) is 7.38. The van der Waals surface area contributed by atoms with Crippen LogP contribution in [0.15, 0.2) is 24.3 Å². The summed E-state index contributed by atoms with van der Waals surface area (Å²) < 4.78 is 5.69. The fourth-order valence-electron chi connectivity index (χ4n) is 2.35. The van der Waals surface area contributed by atoms with E-state index in [2.05, 4.69) is 5.32 Å². The maximum Gasteiger partial charge on any atom is 0.224 e. The molecule has 0 bridgehead atoms. The van der Waals surface area contributed by atoms with E-state index >= 15 is 0 Å². The standard InChI is InChI=1S/C15H22N2O2/c16-13-7-5-12(6-8-13)11-15(18)17-9-10-19-14-3-1-2-4-14/h5-8,14H,1-4,9-11,16H2,(H,17,18). The summed E-state index contributed by atoms with van der Waals surface area (Å²) in [5.74, 6) is 0.0276. The van der Waals surface area contributed by atoms with E-state index in [-0.39, 0.29) is 5.91 Å². The Hall–Kier alpha value is -1.55. The zero-order valence-electron chi connectivity index (χ0n) is 11.2. The van der Waals surface area contributed by atoms with Crippen LogP contribution in [0.1, 0.15) is 31.2 Å². The van der Waals surface area contributed by atoms with E-state index in [0.717, 1.165) is 5.56 Å². The third-order valence-corrected chi connectivity index (χ3v) is 3.42. The van der Waals surface area contributed by atoms with E-state index < -0.39 is 0 Å². The van der Waals surface area contributed by atoms with E-state index in [0.29, 0.717) is 31.4 Å². The van der Waals surface area contributed by atoms with Gasteiger partial charge >= 0.3 is 0 Å². The number of carbonyl (C=O) groups excluding carboxylic acids is 1. The van der Waals surface area contributed by atoms with E-state index in [1.165, 1.54) is 25.7 Å². The predicted molar refractivity (Wildman–Crippen MR) is 75.8 cm³/mol. The first-order valence-corrected chi connectivity index (χ1v) is 6.97. The molecular formula is C15H22N2O2. The number of anilines is 1. The highest BCUT2D eigenvalue weighted by molar-refractivity contribution is 5.78. The van der Waals surface area contributed by atoms with E-state index in [9.17, 15) is 4.79 Å². The molecule has 0 atom stereocenters. The van der Waals surface area contributed by atoms with Gasteiger partial charge < -0.3 is 15.8 Å². The SMILES string of the molecule is Nc1ccc(CC(=O)NCCOC2CCCC2)cc1. The molecule has 1 aromatic carbocycles. The maximum atomic E-state index is 11.7. The molecule has 1 aliphatic rings. The number of hydrogen-bond acceptors (Lipinski definition) is 3. The van der Waals surface area contributed by atoms with Crippen LogP contribution >= 0.6 is 0 Å². The van der Waals surface area contributed by atoms with Crippen molar-refractivity contribution in [2.24, 2.45) is 0 Å². The quantitative estimate of drug-likeness (QED) is 0.608. The van der Waals surface area contributed by atoms with Gasteiger partial charge in [0.05, 0.1) is 19.1 Å². The number of rotatable bonds is 6. The monoisotopic (exact) mass is 262 g/mol. The average molecular weight is 262 g/mol. The van der Waals surface area contributed by atoms with Crippen LogP contribution in [0.5, 0.6) is 0 Å². The molecule has 4 heteroatoms. The topological polar surface area (TPSA) is 64.4 Å². The number of nitrogen functional groups attached to an aromatic ring is 1. The molecule has 0 radical (unpaired) electrons. The summed E-state index contributed by atoms with van der Waals surface area (Å²) in [6.45, 7) is 1.20. The molecule has 0 heterocycles. The van der Waals surface area contributed by atoms with Crippen LogP contribution in [0.25, 0.3) is 0 Å². The lowest BCUT2D eigenvalue weighted by Crippen LogP contribution is -2.29. The Morgan fingerprint density at radius 2 is 1.95 bits per heavy atom. The molecule has 4 nitrogen and oxygen atoms in total. The Morgan fingerprint density at radius 3 is 2.63 bits per heavy atom. The smallest absolute Gasteiger partial charge is 0.224 e. The fraction of sp³-hybridized carbons (Fsp3) is 0.533. The van der Waals surface area contributed by atoms with E-state index in [1.54, 1.807) is 0 Å². The fourth-order valence-corrected chi connectivity index (χ4v) is 2.35. The Morgan fingerprint density at radius 1 is 1.26 bits per heavy atom. The van der Waals surface area contributed by atoms with Gasteiger partial charge in [0.1, 0.15) is 0 Å². The Kier molecular flexibility index (Phi) is 5.21. The molecule has 1 amide bonds. The first kappa shape index (κ1) is 13.9. The number of nitrogens with one attached hydrogen (secondary N) is 1. The van der Waals surface area contributed by atoms with E-state index in [4.69, 9.17) is 10.5 Å². The molecule has 104 valence electrons. The number of hydrogen-bond donors (Lipinski definition) is 2. The number of amides is 1. The van der Waals surface area contributed by atoms with Crippen LogP contribution in [0.4, 0.5) is 5.69 Å². The zero-order chi connectivity index (χ0) is 13.5. The van der Waals surface area contributed by atoms with Crippen molar-refractivity contribution in [2.45, 2.75) is 38.2 Å². The Labute approximate surface area is 114 Å². The molecule has 1 fully saturated rings. The van der Waals surface area contributed by atoms with Gasteiger partial charge in [-0.05, 0) is 30.5 Å². The van der Waals surface area contributed by atoms with Crippen molar-refractivity contribution in [1.29, 1.82) is 0 Å². The highest BCUT2D eigenvalue weighted by atomic mass is 16.5. The van der Waals surface area contributed by atoms with Crippen LogP contribution in [0, 0.1) is 0 Å². The van der Waals surface area contributed by atoms with Crippen LogP contribution in [0.3, 0.4) is 0 Å². The molecule has 0 saturated heterocycles. The lowest BCUT2D eigenvalue weighted by Gasteiger charge is -2.11. The van der Waals surface area contributed by atoms with Crippen molar-refractivity contribution in [3.63, 3.8) is 0 Å². The normalized spacial score (nSPS) is 15.6. The lowest BCUT2D eigenvalue weighted by atomic mass is 10.1. The average Bonchev–Trinajstić information content (AvgIpc) is 2.91. The number of benzene rings is 1. The molecule has 2 rings (SSSR count). The number of ether oxygens (including phenoxy) is 1. The molecular weight excluding hydrogens is 240 g/mol. The summed E-state index contributed by atoms with van der Waals surface area (Å²) in [4.78, 5) is 11.7. The Bertz CT molecular complexity index is 397. The molecule has 0 spiro atoms. The minimum Gasteiger partial charge on any atom is -0.399 e. The predicted octanol–water partition coefficient (Wildman–Crippen LogP) is 1.89. The molecule has 19 heavy (non-hydrogen) atoms. The molecule has 1 saturated carbocycles. The summed E-state index contributed by atoms with van der Waals surface area (Å²) in [5.41, 5.74) is 7.29. The second-order valence-corrected chi connectivity index (χ2v) is 5.05. The van der Waals surface area contributed by atoms with Crippen LogP contribution < -0.4 is 11.1 Å². The second kappa shape index (κ2) is 7.14. The molecule has 0 aromatic heterocycles. The van der Waals surface area contributed by atoms with Gasteiger partial charge in [0.15, 0.2) is 0 Å². The van der Waals surface area contributed by atoms with Crippen molar-refractivity contribution < 1.29 is 9.53 Å². The molecule has 3 N–H and O–H groups in total. The molecule has 0 unspecified atom stereocenters. The largest absolute Gasteiger partial charge is 0.399 e. The molecule has 0 aliphatic heterocycles. The van der Waals surface area contributed by atoms with Crippen molar-refractivity contribution in [3.05, 3.63) is 29.8 Å². The van der Waals surface area contributed by atoms with Crippen molar-refractivity contribution in [2.75, 3.05) is 18.9 Å². The van der Waals surface area contributed by atoms with Crippen molar-refractivity contribution in [1.82, 2.24) is 5.32 Å². The number of nitrogens with two attached hydrogens (primary N) is 1. The Balaban J connectivity index is 1.60. The second-order valence-electron chi connectivity index (χ2n) is 5.05. The van der Waals surface area contributed by atoms with E-state index in [1.807, 2.05) is 24.3 Å². The highest BCUT2D eigenvalue weighted by Gasteiger charge is 2.14. The first-order valence-electron chi connectivity index (χ1n) is 6.97. The van der Waals surface area contributed by atoms with Gasteiger partial charge in [-0.15, -0.1) is 0 Å². The van der Waals surface area contributed by atoms with Gasteiger partial charge in [0.25, 0.3) is 0 Å². The van der Waals surface area contributed by atoms with Crippen molar-refractivity contribution >= 4 is 11.6 Å². The summed E-state index contributed by atoms with van der Waals surface area (Å²) in [5, 5.41) is 2.87. The summed E-state index contributed by atoms with van der Waals surface area (Å²) in [6.07, 6.45) is 5.68. The zero-order valence-corrected chi connectivity index (χ0v) is 11.2. The lowest BCUT2D eigenvalue weighted by molar-refractivity contribution is -0.120. The van der Waals surface area contributed by atoms with Gasteiger partial charge in [-0.2, -0.15) is 0 Å². The summed E-state index contributed by atoms with van der Waals surface area (Å²) in [7, 11) is 0.